The largest absolute Gasteiger partial charge is 0.315 e. The summed E-state index contributed by atoms with van der Waals surface area (Å²) < 4.78 is 0. The normalized spacial score (nSPS) is 20.7. The van der Waals surface area contributed by atoms with Crippen molar-refractivity contribution < 1.29 is 0 Å². The molecule has 2 rings (SSSR count). The lowest BCUT2D eigenvalue weighted by atomic mass is 10.1. The van der Waals surface area contributed by atoms with E-state index >= 15 is 0 Å². The van der Waals surface area contributed by atoms with E-state index < -0.39 is 0 Å². The zero-order chi connectivity index (χ0) is 10.5. The highest BCUT2D eigenvalue weighted by molar-refractivity contribution is 6.30. The first-order chi connectivity index (χ1) is 7.34. The van der Waals surface area contributed by atoms with Crippen molar-refractivity contribution in [3.05, 3.63) is 34.9 Å². The molecule has 1 aliphatic heterocycles. The van der Waals surface area contributed by atoms with Gasteiger partial charge in [-0.1, -0.05) is 23.7 Å². The minimum atomic E-state index is 0.657. The van der Waals surface area contributed by atoms with Crippen molar-refractivity contribution in [2.75, 3.05) is 19.6 Å². The van der Waals surface area contributed by atoms with Gasteiger partial charge in [-0.25, -0.2) is 0 Å². The Labute approximate surface area is 96.0 Å². The summed E-state index contributed by atoms with van der Waals surface area (Å²) in [6, 6.07) is 8.74. The lowest BCUT2D eigenvalue weighted by Crippen LogP contribution is -2.32. The number of rotatable bonds is 4. The maximum absolute atomic E-state index is 5.92. The van der Waals surface area contributed by atoms with Crippen LogP contribution in [0, 0.1) is 0 Å². The topological polar surface area (TPSA) is 24.1 Å². The van der Waals surface area contributed by atoms with Crippen LogP contribution in [0.2, 0.25) is 5.02 Å². The fraction of sp³-hybridized carbons (Fsp3) is 0.500. The zero-order valence-electron chi connectivity index (χ0n) is 8.80. The van der Waals surface area contributed by atoms with E-state index in [0.29, 0.717) is 6.04 Å². The maximum Gasteiger partial charge on any atom is 0.0408 e. The van der Waals surface area contributed by atoms with Crippen LogP contribution < -0.4 is 10.6 Å². The van der Waals surface area contributed by atoms with Crippen molar-refractivity contribution in [2.24, 2.45) is 0 Å². The van der Waals surface area contributed by atoms with E-state index in [9.17, 15) is 0 Å². The Kier molecular flexibility index (Phi) is 4.01. The SMILES string of the molecule is Clc1cccc(CCNC2CCNC2)c1. The van der Waals surface area contributed by atoms with Crippen LogP contribution in [0.5, 0.6) is 0 Å². The predicted octanol–water partition coefficient (Wildman–Crippen LogP) is 1.83. The Morgan fingerprint density at radius 2 is 2.40 bits per heavy atom. The smallest absolute Gasteiger partial charge is 0.0408 e. The standard InChI is InChI=1S/C12H17ClN2/c13-11-3-1-2-10(8-11)4-7-15-12-5-6-14-9-12/h1-3,8,12,14-15H,4-7,9H2. The third-order valence-corrected chi connectivity index (χ3v) is 3.03. The summed E-state index contributed by atoms with van der Waals surface area (Å²) in [4.78, 5) is 0. The third kappa shape index (κ3) is 3.49. The van der Waals surface area contributed by atoms with E-state index in [1.165, 1.54) is 12.0 Å². The molecule has 1 atom stereocenters. The molecule has 0 radical (unpaired) electrons. The summed E-state index contributed by atoms with van der Waals surface area (Å²) in [5.41, 5.74) is 1.31. The van der Waals surface area contributed by atoms with Crippen LogP contribution >= 0.6 is 11.6 Å². The highest BCUT2D eigenvalue weighted by atomic mass is 35.5. The van der Waals surface area contributed by atoms with Gasteiger partial charge in [0.1, 0.15) is 0 Å². The molecule has 0 amide bonds. The second-order valence-corrected chi connectivity index (χ2v) is 4.46. The molecule has 0 aliphatic carbocycles. The molecular weight excluding hydrogens is 208 g/mol. The number of benzene rings is 1. The Bertz CT molecular complexity index is 308. The Morgan fingerprint density at radius 3 is 3.13 bits per heavy atom. The second kappa shape index (κ2) is 5.50. The molecular formula is C12H17ClN2. The van der Waals surface area contributed by atoms with E-state index in [0.717, 1.165) is 31.1 Å². The molecule has 1 heterocycles. The molecule has 0 bridgehead atoms. The van der Waals surface area contributed by atoms with E-state index in [2.05, 4.69) is 16.7 Å². The second-order valence-electron chi connectivity index (χ2n) is 4.02. The molecule has 1 aromatic rings. The Balaban J connectivity index is 1.73. The summed E-state index contributed by atoms with van der Waals surface area (Å²) in [5.74, 6) is 0. The first-order valence-corrected chi connectivity index (χ1v) is 5.91. The quantitative estimate of drug-likeness (QED) is 0.816. The van der Waals surface area contributed by atoms with Gasteiger partial charge in [0.25, 0.3) is 0 Å². The molecule has 1 aliphatic rings. The first-order valence-electron chi connectivity index (χ1n) is 5.53. The van der Waals surface area contributed by atoms with E-state index in [-0.39, 0.29) is 0 Å². The number of hydrogen-bond acceptors (Lipinski definition) is 2. The molecule has 15 heavy (non-hydrogen) atoms. The molecule has 0 spiro atoms. The Hall–Kier alpha value is -0.570. The summed E-state index contributed by atoms with van der Waals surface area (Å²) in [6.45, 7) is 3.29. The highest BCUT2D eigenvalue weighted by Crippen LogP contribution is 2.10. The van der Waals surface area contributed by atoms with Crippen molar-refractivity contribution in [1.82, 2.24) is 10.6 Å². The highest BCUT2D eigenvalue weighted by Gasteiger charge is 2.12. The molecule has 2 N–H and O–H groups in total. The molecule has 82 valence electrons. The number of halogens is 1. The van der Waals surface area contributed by atoms with Gasteiger partial charge < -0.3 is 10.6 Å². The lowest BCUT2D eigenvalue weighted by Gasteiger charge is -2.10. The van der Waals surface area contributed by atoms with Crippen LogP contribution in [0.4, 0.5) is 0 Å². The summed E-state index contributed by atoms with van der Waals surface area (Å²) >= 11 is 5.92. The average molecular weight is 225 g/mol. The van der Waals surface area contributed by atoms with Crippen molar-refractivity contribution in [1.29, 1.82) is 0 Å². The number of hydrogen-bond donors (Lipinski definition) is 2. The molecule has 3 heteroatoms. The van der Waals surface area contributed by atoms with Gasteiger partial charge in [-0.15, -0.1) is 0 Å². The minimum absolute atomic E-state index is 0.657. The van der Waals surface area contributed by atoms with E-state index in [1.54, 1.807) is 0 Å². The maximum atomic E-state index is 5.92. The zero-order valence-corrected chi connectivity index (χ0v) is 9.56. The molecule has 2 nitrogen and oxygen atoms in total. The third-order valence-electron chi connectivity index (χ3n) is 2.80. The van der Waals surface area contributed by atoms with Gasteiger partial charge in [0.15, 0.2) is 0 Å². The molecule has 0 saturated carbocycles. The van der Waals surface area contributed by atoms with Gasteiger partial charge in [0, 0.05) is 17.6 Å². The van der Waals surface area contributed by atoms with Crippen LogP contribution in [0.3, 0.4) is 0 Å². The molecule has 1 unspecified atom stereocenters. The molecule has 1 saturated heterocycles. The monoisotopic (exact) mass is 224 g/mol. The van der Waals surface area contributed by atoms with Crippen LogP contribution in [0.25, 0.3) is 0 Å². The van der Waals surface area contributed by atoms with Gasteiger partial charge >= 0.3 is 0 Å². The summed E-state index contributed by atoms with van der Waals surface area (Å²) in [7, 11) is 0. The molecule has 1 aromatic carbocycles. The fourth-order valence-electron chi connectivity index (χ4n) is 1.94. The van der Waals surface area contributed by atoms with Crippen LogP contribution in [0.1, 0.15) is 12.0 Å². The average Bonchev–Trinajstić information content (AvgIpc) is 2.71. The van der Waals surface area contributed by atoms with Crippen molar-refractivity contribution in [3.63, 3.8) is 0 Å². The molecule has 1 fully saturated rings. The van der Waals surface area contributed by atoms with Crippen LogP contribution in [-0.4, -0.2) is 25.7 Å². The van der Waals surface area contributed by atoms with Crippen molar-refractivity contribution in [2.45, 2.75) is 18.9 Å². The number of nitrogens with one attached hydrogen (secondary N) is 2. The van der Waals surface area contributed by atoms with Gasteiger partial charge in [0.05, 0.1) is 0 Å². The predicted molar refractivity (Wildman–Crippen MR) is 64.4 cm³/mol. The fourth-order valence-corrected chi connectivity index (χ4v) is 2.15. The Morgan fingerprint density at radius 1 is 1.47 bits per heavy atom. The summed E-state index contributed by atoms with van der Waals surface area (Å²) in [6.07, 6.45) is 2.30. The first kappa shape index (κ1) is 10.9. The minimum Gasteiger partial charge on any atom is -0.315 e. The lowest BCUT2D eigenvalue weighted by molar-refractivity contribution is 0.550. The molecule has 0 aromatic heterocycles. The van der Waals surface area contributed by atoms with Crippen molar-refractivity contribution in [3.8, 4) is 0 Å². The van der Waals surface area contributed by atoms with Gasteiger partial charge in [-0.3, -0.25) is 0 Å². The van der Waals surface area contributed by atoms with Gasteiger partial charge in [0.2, 0.25) is 0 Å². The summed E-state index contributed by atoms with van der Waals surface area (Å²) in [5, 5.41) is 7.72. The van der Waals surface area contributed by atoms with Crippen molar-refractivity contribution >= 4 is 11.6 Å². The van der Waals surface area contributed by atoms with Gasteiger partial charge in [-0.2, -0.15) is 0 Å². The van der Waals surface area contributed by atoms with E-state index in [4.69, 9.17) is 11.6 Å². The van der Waals surface area contributed by atoms with Crippen LogP contribution in [0.15, 0.2) is 24.3 Å². The van der Waals surface area contributed by atoms with Crippen LogP contribution in [-0.2, 0) is 6.42 Å². The van der Waals surface area contributed by atoms with E-state index in [1.807, 2.05) is 18.2 Å². The van der Waals surface area contributed by atoms with Gasteiger partial charge in [-0.05, 0) is 43.6 Å².